The van der Waals surface area contributed by atoms with E-state index in [4.69, 9.17) is 0 Å². The minimum atomic E-state index is -4.62. The molecule has 0 amide bonds. The topological polar surface area (TPSA) is 49.8 Å². The fourth-order valence-electron chi connectivity index (χ4n) is 1.68. The van der Waals surface area contributed by atoms with Gasteiger partial charge in [-0.25, -0.2) is 9.37 Å². The molecular weight excluding hydrogens is 300 g/mol. The first kappa shape index (κ1) is 16.0. The van der Waals surface area contributed by atoms with Gasteiger partial charge in [0.25, 0.3) is 0 Å². The van der Waals surface area contributed by atoms with Crippen LogP contribution in [0.15, 0.2) is 30.3 Å². The fraction of sp³-hybridized carbons (Fsp3) is 0.286. The fourth-order valence-corrected chi connectivity index (χ4v) is 1.68. The molecule has 22 heavy (non-hydrogen) atoms. The van der Waals surface area contributed by atoms with Gasteiger partial charge in [-0.05, 0) is 26.0 Å². The van der Waals surface area contributed by atoms with E-state index in [9.17, 15) is 17.6 Å². The van der Waals surface area contributed by atoms with E-state index in [1.54, 1.807) is 19.9 Å². The molecule has 2 aromatic rings. The van der Waals surface area contributed by atoms with Crippen LogP contribution in [0.25, 0.3) is 0 Å². The molecule has 4 nitrogen and oxygen atoms in total. The molecule has 0 saturated carbocycles. The molecule has 0 radical (unpaired) electrons. The third kappa shape index (κ3) is 4.06. The average Bonchev–Trinajstić information content (AvgIpc) is 2.39. The SMILES string of the molecule is CC(C)Nc1nc(Nc2ccccc2F)cc(C(F)(F)F)n1. The van der Waals surface area contributed by atoms with Crippen molar-refractivity contribution in [1.29, 1.82) is 0 Å². The molecule has 1 aromatic carbocycles. The molecule has 0 atom stereocenters. The summed E-state index contributed by atoms with van der Waals surface area (Å²) in [7, 11) is 0. The Morgan fingerprint density at radius 3 is 2.36 bits per heavy atom. The second-order valence-corrected chi connectivity index (χ2v) is 4.86. The predicted octanol–water partition coefficient (Wildman–Crippen LogP) is 4.20. The first-order chi connectivity index (χ1) is 10.3. The normalized spacial score (nSPS) is 11.6. The molecule has 2 rings (SSSR count). The van der Waals surface area contributed by atoms with E-state index < -0.39 is 17.7 Å². The Bertz CT molecular complexity index is 656. The van der Waals surface area contributed by atoms with Crippen LogP contribution >= 0.6 is 0 Å². The van der Waals surface area contributed by atoms with Crippen molar-refractivity contribution >= 4 is 17.5 Å². The van der Waals surface area contributed by atoms with Gasteiger partial charge in [-0.2, -0.15) is 18.2 Å². The van der Waals surface area contributed by atoms with Gasteiger partial charge in [-0.1, -0.05) is 12.1 Å². The highest BCUT2D eigenvalue weighted by atomic mass is 19.4. The van der Waals surface area contributed by atoms with E-state index in [1.165, 1.54) is 18.2 Å². The van der Waals surface area contributed by atoms with E-state index in [-0.39, 0.29) is 23.5 Å². The zero-order chi connectivity index (χ0) is 16.3. The monoisotopic (exact) mass is 314 g/mol. The summed E-state index contributed by atoms with van der Waals surface area (Å²) in [4.78, 5) is 7.35. The van der Waals surface area contributed by atoms with E-state index in [0.29, 0.717) is 0 Å². The number of nitrogens with zero attached hydrogens (tertiary/aromatic N) is 2. The van der Waals surface area contributed by atoms with Crippen LogP contribution < -0.4 is 10.6 Å². The van der Waals surface area contributed by atoms with Crippen LogP contribution in [0.3, 0.4) is 0 Å². The Hall–Kier alpha value is -2.38. The molecule has 8 heteroatoms. The Morgan fingerprint density at radius 2 is 1.77 bits per heavy atom. The van der Waals surface area contributed by atoms with Gasteiger partial charge in [0.05, 0.1) is 5.69 Å². The summed E-state index contributed by atoms with van der Waals surface area (Å²) in [5.74, 6) is -0.910. The van der Waals surface area contributed by atoms with E-state index in [1.807, 2.05) is 0 Å². The quantitative estimate of drug-likeness (QED) is 0.831. The number of benzene rings is 1. The van der Waals surface area contributed by atoms with Gasteiger partial charge in [0.1, 0.15) is 11.6 Å². The van der Waals surface area contributed by atoms with Crippen molar-refractivity contribution in [3.8, 4) is 0 Å². The summed E-state index contributed by atoms with van der Waals surface area (Å²) < 4.78 is 52.2. The molecule has 1 aromatic heterocycles. The summed E-state index contributed by atoms with van der Waals surface area (Å²) in [5, 5.41) is 5.23. The van der Waals surface area contributed by atoms with Gasteiger partial charge in [-0.3, -0.25) is 0 Å². The van der Waals surface area contributed by atoms with Crippen LogP contribution in [0.4, 0.5) is 35.0 Å². The van der Waals surface area contributed by atoms with Crippen molar-refractivity contribution in [2.24, 2.45) is 0 Å². The molecule has 118 valence electrons. The molecule has 0 aliphatic rings. The van der Waals surface area contributed by atoms with Crippen LogP contribution in [0.1, 0.15) is 19.5 Å². The number of para-hydroxylation sites is 1. The van der Waals surface area contributed by atoms with E-state index in [2.05, 4.69) is 20.6 Å². The lowest BCUT2D eigenvalue weighted by Crippen LogP contribution is -2.17. The number of hydrogen-bond donors (Lipinski definition) is 2. The molecular formula is C14H14F4N4. The number of anilines is 3. The second-order valence-electron chi connectivity index (χ2n) is 4.86. The lowest BCUT2D eigenvalue weighted by Gasteiger charge is -2.14. The van der Waals surface area contributed by atoms with Crippen molar-refractivity contribution in [1.82, 2.24) is 9.97 Å². The van der Waals surface area contributed by atoms with Crippen molar-refractivity contribution in [2.75, 3.05) is 10.6 Å². The van der Waals surface area contributed by atoms with Crippen LogP contribution in [-0.2, 0) is 6.18 Å². The molecule has 0 saturated heterocycles. The summed E-state index contributed by atoms with van der Waals surface area (Å²) in [6.45, 7) is 3.49. The summed E-state index contributed by atoms with van der Waals surface area (Å²) >= 11 is 0. The van der Waals surface area contributed by atoms with Crippen molar-refractivity contribution < 1.29 is 17.6 Å². The van der Waals surface area contributed by atoms with Gasteiger partial charge in [0.15, 0.2) is 5.69 Å². The highest BCUT2D eigenvalue weighted by Gasteiger charge is 2.33. The third-order valence-corrected chi connectivity index (χ3v) is 2.57. The third-order valence-electron chi connectivity index (χ3n) is 2.57. The summed E-state index contributed by atoms with van der Waals surface area (Å²) in [5.41, 5.74) is -1.07. The van der Waals surface area contributed by atoms with Crippen LogP contribution in [0.2, 0.25) is 0 Å². The first-order valence-electron chi connectivity index (χ1n) is 6.50. The maximum Gasteiger partial charge on any atom is 0.433 e. The standard InChI is InChI=1S/C14H14F4N4/c1-8(2)19-13-21-11(14(16,17)18)7-12(22-13)20-10-6-4-3-5-9(10)15/h3-8H,1-2H3,(H2,19,20,21,22). The Morgan fingerprint density at radius 1 is 1.09 bits per heavy atom. The maximum atomic E-state index is 13.6. The number of rotatable bonds is 4. The smallest absolute Gasteiger partial charge is 0.352 e. The summed E-state index contributed by atoms with van der Waals surface area (Å²) in [6.07, 6.45) is -4.62. The second kappa shape index (κ2) is 6.17. The minimum Gasteiger partial charge on any atom is -0.352 e. The number of aromatic nitrogens is 2. The average molecular weight is 314 g/mol. The molecule has 0 aliphatic carbocycles. The molecule has 0 unspecified atom stereocenters. The van der Waals surface area contributed by atoms with Crippen molar-refractivity contribution in [3.05, 3.63) is 41.8 Å². The molecule has 0 spiro atoms. The number of nitrogens with one attached hydrogen (secondary N) is 2. The highest BCUT2D eigenvalue weighted by molar-refractivity contribution is 5.58. The zero-order valence-corrected chi connectivity index (χ0v) is 11.9. The van der Waals surface area contributed by atoms with Crippen LogP contribution in [0, 0.1) is 5.82 Å². The van der Waals surface area contributed by atoms with Gasteiger partial charge in [-0.15, -0.1) is 0 Å². The first-order valence-corrected chi connectivity index (χ1v) is 6.50. The van der Waals surface area contributed by atoms with Gasteiger partial charge in [0.2, 0.25) is 5.95 Å². The van der Waals surface area contributed by atoms with Crippen molar-refractivity contribution in [3.63, 3.8) is 0 Å². The van der Waals surface area contributed by atoms with Crippen LogP contribution in [-0.4, -0.2) is 16.0 Å². The van der Waals surface area contributed by atoms with Gasteiger partial charge >= 0.3 is 6.18 Å². The Balaban J connectivity index is 2.39. The maximum absolute atomic E-state index is 13.6. The van der Waals surface area contributed by atoms with E-state index >= 15 is 0 Å². The Labute approximate surface area is 124 Å². The molecule has 0 bridgehead atoms. The lowest BCUT2D eigenvalue weighted by atomic mass is 10.3. The zero-order valence-electron chi connectivity index (χ0n) is 11.9. The largest absolute Gasteiger partial charge is 0.433 e. The minimum absolute atomic E-state index is 0.0322. The molecule has 2 N–H and O–H groups in total. The van der Waals surface area contributed by atoms with Crippen molar-refractivity contribution in [2.45, 2.75) is 26.1 Å². The lowest BCUT2D eigenvalue weighted by molar-refractivity contribution is -0.141. The van der Waals surface area contributed by atoms with E-state index in [0.717, 1.165) is 6.07 Å². The summed E-state index contributed by atoms with van der Waals surface area (Å²) in [6, 6.07) is 6.22. The van der Waals surface area contributed by atoms with Gasteiger partial charge in [0, 0.05) is 12.1 Å². The number of halogens is 4. The molecule has 0 aliphatic heterocycles. The molecule has 0 fully saturated rings. The highest BCUT2D eigenvalue weighted by Crippen LogP contribution is 2.30. The number of hydrogen-bond acceptors (Lipinski definition) is 4. The number of alkyl halides is 3. The Kier molecular flexibility index (Phi) is 4.48. The molecule has 1 heterocycles. The van der Waals surface area contributed by atoms with Gasteiger partial charge < -0.3 is 10.6 Å². The van der Waals surface area contributed by atoms with Crippen LogP contribution in [0.5, 0.6) is 0 Å². The predicted molar refractivity (Wildman–Crippen MR) is 75.5 cm³/mol.